The van der Waals surface area contributed by atoms with E-state index in [4.69, 9.17) is 4.99 Å². The molecule has 1 aromatic heterocycles. The zero-order chi connectivity index (χ0) is 14.4. The minimum Gasteiger partial charge on any atom is -0.362 e. The molecule has 0 aromatic carbocycles. The summed E-state index contributed by atoms with van der Waals surface area (Å²) < 4.78 is 2.12. The van der Waals surface area contributed by atoms with Gasteiger partial charge in [0.25, 0.3) is 0 Å². The molecule has 0 saturated carbocycles. The fourth-order valence-corrected chi connectivity index (χ4v) is 3.24. The second-order valence-corrected chi connectivity index (χ2v) is 7.48. The SMILES string of the molecule is CC(C)(C)C1CCSC(=NCCCCn2ccnc2)N1. The first-order chi connectivity index (χ1) is 9.55. The summed E-state index contributed by atoms with van der Waals surface area (Å²) in [6.07, 6.45) is 9.23. The molecule has 4 nitrogen and oxygen atoms in total. The van der Waals surface area contributed by atoms with E-state index in [1.165, 1.54) is 12.2 Å². The number of hydrogen-bond donors (Lipinski definition) is 1. The standard InChI is InChI=1S/C15H26N4S/c1-15(2,3)13-6-11-20-14(18-13)17-7-4-5-9-19-10-8-16-12-19/h8,10,12-13H,4-7,9,11H2,1-3H3,(H,17,18). The average molecular weight is 294 g/mol. The van der Waals surface area contributed by atoms with Gasteiger partial charge in [0.1, 0.15) is 0 Å². The van der Waals surface area contributed by atoms with Crippen LogP contribution in [0.3, 0.4) is 0 Å². The highest BCUT2D eigenvalue weighted by Gasteiger charge is 2.28. The Morgan fingerprint density at radius 2 is 2.30 bits per heavy atom. The lowest BCUT2D eigenvalue weighted by atomic mass is 9.85. The molecule has 1 unspecified atom stereocenters. The van der Waals surface area contributed by atoms with Crippen molar-refractivity contribution in [1.29, 1.82) is 0 Å². The topological polar surface area (TPSA) is 42.2 Å². The van der Waals surface area contributed by atoms with E-state index in [2.05, 4.69) is 35.6 Å². The quantitative estimate of drug-likeness (QED) is 0.848. The molecule has 1 aliphatic heterocycles. The van der Waals surface area contributed by atoms with Crippen molar-refractivity contribution < 1.29 is 0 Å². The van der Waals surface area contributed by atoms with Gasteiger partial charge in [-0.1, -0.05) is 32.5 Å². The van der Waals surface area contributed by atoms with E-state index >= 15 is 0 Å². The maximum atomic E-state index is 4.71. The van der Waals surface area contributed by atoms with Crippen LogP contribution < -0.4 is 5.32 Å². The number of rotatable bonds is 5. The molecule has 2 heterocycles. The van der Waals surface area contributed by atoms with Crippen LogP contribution in [-0.4, -0.2) is 33.1 Å². The van der Waals surface area contributed by atoms with Crippen molar-refractivity contribution in [1.82, 2.24) is 14.9 Å². The Balaban J connectivity index is 1.68. The van der Waals surface area contributed by atoms with E-state index < -0.39 is 0 Å². The summed E-state index contributed by atoms with van der Waals surface area (Å²) in [5.74, 6) is 1.18. The average Bonchev–Trinajstić information content (AvgIpc) is 2.91. The molecule has 1 aromatic rings. The van der Waals surface area contributed by atoms with Gasteiger partial charge in [0, 0.05) is 37.3 Å². The van der Waals surface area contributed by atoms with E-state index in [1.807, 2.05) is 30.5 Å². The maximum Gasteiger partial charge on any atom is 0.156 e. The van der Waals surface area contributed by atoms with Crippen LogP contribution in [0.2, 0.25) is 0 Å². The molecule has 5 heteroatoms. The molecule has 20 heavy (non-hydrogen) atoms. The number of hydrogen-bond acceptors (Lipinski definition) is 3. The Bertz CT molecular complexity index is 420. The van der Waals surface area contributed by atoms with Crippen molar-refractivity contribution in [2.75, 3.05) is 12.3 Å². The van der Waals surface area contributed by atoms with Gasteiger partial charge in [-0.05, 0) is 24.7 Å². The summed E-state index contributed by atoms with van der Waals surface area (Å²) in [6.45, 7) is 8.84. The maximum absolute atomic E-state index is 4.71. The predicted molar refractivity (Wildman–Crippen MR) is 87.2 cm³/mol. The summed E-state index contributed by atoms with van der Waals surface area (Å²) in [5, 5.41) is 4.73. The third-order valence-corrected chi connectivity index (χ3v) is 4.59. The number of nitrogens with zero attached hydrogens (tertiary/aromatic N) is 3. The fraction of sp³-hybridized carbons (Fsp3) is 0.733. The first-order valence-corrected chi connectivity index (χ1v) is 8.44. The van der Waals surface area contributed by atoms with Gasteiger partial charge in [0.15, 0.2) is 5.17 Å². The number of amidine groups is 1. The summed E-state index contributed by atoms with van der Waals surface area (Å²) >= 11 is 1.86. The van der Waals surface area contributed by atoms with Crippen molar-refractivity contribution in [2.45, 2.75) is 52.6 Å². The molecule has 1 aliphatic rings. The first-order valence-electron chi connectivity index (χ1n) is 7.45. The third kappa shape index (κ3) is 4.85. The lowest BCUT2D eigenvalue weighted by molar-refractivity contribution is 0.290. The molecule has 0 aliphatic carbocycles. The summed E-state index contributed by atoms with van der Waals surface area (Å²) in [6, 6.07) is 0.549. The van der Waals surface area contributed by atoms with Gasteiger partial charge >= 0.3 is 0 Å². The van der Waals surface area contributed by atoms with Crippen LogP contribution in [0.4, 0.5) is 0 Å². The van der Waals surface area contributed by atoms with Crippen molar-refractivity contribution in [3.63, 3.8) is 0 Å². The summed E-state index contributed by atoms with van der Waals surface area (Å²) in [7, 11) is 0. The molecule has 0 radical (unpaired) electrons. The van der Waals surface area contributed by atoms with E-state index in [0.717, 1.165) is 31.1 Å². The smallest absolute Gasteiger partial charge is 0.156 e. The molecule has 112 valence electrons. The van der Waals surface area contributed by atoms with Gasteiger partial charge in [-0.2, -0.15) is 0 Å². The van der Waals surface area contributed by atoms with Gasteiger partial charge in [-0.3, -0.25) is 4.99 Å². The molecule has 1 atom stereocenters. The largest absolute Gasteiger partial charge is 0.362 e. The van der Waals surface area contributed by atoms with E-state index in [-0.39, 0.29) is 0 Å². The van der Waals surface area contributed by atoms with Gasteiger partial charge in [0.05, 0.1) is 6.33 Å². The van der Waals surface area contributed by atoms with Gasteiger partial charge in [0.2, 0.25) is 0 Å². The van der Waals surface area contributed by atoms with Gasteiger partial charge in [-0.15, -0.1) is 0 Å². The molecule has 0 spiro atoms. The Labute approximate surface area is 126 Å². The lowest BCUT2D eigenvalue weighted by Crippen LogP contribution is -2.46. The number of nitrogens with one attached hydrogen (secondary N) is 1. The molecule has 1 saturated heterocycles. The highest BCUT2D eigenvalue weighted by molar-refractivity contribution is 8.13. The monoisotopic (exact) mass is 294 g/mol. The zero-order valence-corrected chi connectivity index (χ0v) is 13.6. The Kier molecular flexibility index (Phi) is 5.52. The van der Waals surface area contributed by atoms with Crippen molar-refractivity contribution in [3.8, 4) is 0 Å². The van der Waals surface area contributed by atoms with Gasteiger partial charge < -0.3 is 9.88 Å². The number of imidazole rings is 1. The Hall–Kier alpha value is -0.970. The third-order valence-electron chi connectivity index (χ3n) is 3.63. The molecule has 1 N–H and O–H groups in total. The second kappa shape index (κ2) is 7.16. The first kappa shape index (κ1) is 15.4. The number of aromatic nitrogens is 2. The second-order valence-electron chi connectivity index (χ2n) is 6.39. The molecule has 0 bridgehead atoms. The van der Waals surface area contributed by atoms with Crippen molar-refractivity contribution >= 4 is 16.9 Å². The number of aliphatic imine (C=N–C) groups is 1. The number of unbranched alkanes of at least 4 members (excludes halogenated alkanes) is 1. The van der Waals surface area contributed by atoms with Gasteiger partial charge in [-0.25, -0.2) is 4.98 Å². The van der Waals surface area contributed by atoms with Crippen LogP contribution in [0.5, 0.6) is 0 Å². The van der Waals surface area contributed by atoms with Crippen LogP contribution in [0.25, 0.3) is 0 Å². The summed E-state index contributed by atoms with van der Waals surface area (Å²) in [4.78, 5) is 8.76. The number of thioether (sulfide) groups is 1. The van der Waals surface area contributed by atoms with Crippen LogP contribution >= 0.6 is 11.8 Å². The van der Waals surface area contributed by atoms with E-state index in [0.29, 0.717) is 11.5 Å². The normalized spacial score (nSPS) is 21.9. The molecular formula is C15H26N4S. The fourth-order valence-electron chi connectivity index (χ4n) is 2.28. The van der Waals surface area contributed by atoms with Crippen LogP contribution in [0.15, 0.2) is 23.7 Å². The molecule has 1 fully saturated rings. The highest BCUT2D eigenvalue weighted by Crippen LogP contribution is 2.27. The molecule has 2 rings (SSSR count). The lowest BCUT2D eigenvalue weighted by Gasteiger charge is -2.35. The Morgan fingerprint density at radius 3 is 3.00 bits per heavy atom. The van der Waals surface area contributed by atoms with Crippen molar-refractivity contribution in [2.24, 2.45) is 10.4 Å². The predicted octanol–water partition coefficient (Wildman–Crippen LogP) is 3.16. The minimum absolute atomic E-state index is 0.309. The minimum atomic E-state index is 0.309. The van der Waals surface area contributed by atoms with E-state index in [9.17, 15) is 0 Å². The van der Waals surface area contributed by atoms with Crippen LogP contribution in [0, 0.1) is 5.41 Å². The molecule has 0 amide bonds. The van der Waals surface area contributed by atoms with Crippen LogP contribution in [-0.2, 0) is 6.54 Å². The van der Waals surface area contributed by atoms with E-state index in [1.54, 1.807) is 0 Å². The Morgan fingerprint density at radius 1 is 1.45 bits per heavy atom. The van der Waals surface area contributed by atoms with Crippen molar-refractivity contribution in [3.05, 3.63) is 18.7 Å². The van der Waals surface area contributed by atoms with Crippen LogP contribution in [0.1, 0.15) is 40.0 Å². The zero-order valence-electron chi connectivity index (χ0n) is 12.8. The number of aryl methyl sites for hydroxylation is 1. The summed E-state index contributed by atoms with van der Waals surface area (Å²) in [5.41, 5.74) is 0.309. The molecular weight excluding hydrogens is 268 g/mol. The highest BCUT2D eigenvalue weighted by atomic mass is 32.2.